The molecule has 0 heterocycles. The van der Waals surface area contributed by atoms with Crippen molar-refractivity contribution < 1.29 is 28.7 Å². The van der Waals surface area contributed by atoms with E-state index in [1.807, 2.05) is 0 Å². The van der Waals surface area contributed by atoms with Crippen LogP contribution < -0.4 is 10.6 Å². The maximum absolute atomic E-state index is 12.0. The molecule has 0 aliphatic heterocycles. The number of benzene rings is 2. The van der Waals surface area contributed by atoms with Gasteiger partial charge in [-0.05, 0) is 68.8 Å². The standard InChI is InChI=1S/C23H25ClN2O6/c1-15(2)32-23(30)16-6-10-18(11-7-16)25-20(27)4-3-5-22(29)31-14-21(28)26-19-12-8-17(24)9-13-19/h6-13,15H,3-5,14H2,1-2H3,(H,25,27)(H,26,28). The van der Waals surface area contributed by atoms with Crippen LogP contribution in [0.1, 0.15) is 43.5 Å². The fourth-order valence-electron chi connectivity index (χ4n) is 2.54. The third kappa shape index (κ3) is 9.18. The van der Waals surface area contributed by atoms with Crippen LogP contribution in [0.15, 0.2) is 48.5 Å². The smallest absolute Gasteiger partial charge is 0.338 e. The first kappa shape index (κ1) is 24.9. The Bertz CT molecular complexity index is 942. The Labute approximate surface area is 191 Å². The lowest BCUT2D eigenvalue weighted by molar-refractivity contribution is -0.147. The summed E-state index contributed by atoms with van der Waals surface area (Å²) in [6.07, 6.45) is 0.152. The minimum Gasteiger partial charge on any atom is -0.459 e. The summed E-state index contributed by atoms with van der Waals surface area (Å²) >= 11 is 5.77. The molecule has 0 fully saturated rings. The lowest BCUT2D eigenvalue weighted by Crippen LogP contribution is -2.21. The summed E-state index contributed by atoms with van der Waals surface area (Å²) in [5.74, 6) is -1.76. The molecule has 0 aliphatic carbocycles. The van der Waals surface area contributed by atoms with Crippen LogP contribution in [0, 0.1) is 0 Å². The van der Waals surface area contributed by atoms with Crippen molar-refractivity contribution in [3.8, 4) is 0 Å². The summed E-state index contributed by atoms with van der Waals surface area (Å²) in [4.78, 5) is 47.4. The Kier molecular flexibility index (Phi) is 9.69. The molecule has 0 bridgehead atoms. The van der Waals surface area contributed by atoms with E-state index < -0.39 is 24.5 Å². The lowest BCUT2D eigenvalue weighted by atomic mass is 10.2. The van der Waals surface area contributed by atoms with Gasteiger partial charge >= 0.3 is 11.9 Å². The van der Waals surface area contributed by atoms with E-state index >= 15 is 0 Å². The average Bonchev–Trinajstić information content (AvgIpc) is 2.74. The maximum atomic E-state index is 12.0. The van der Waals surface area contributed by atoms with Gasteiger partial charge in [-0.25, -0.2) is 4.79 Å². The molecule has 2 amide bonds. The number of anilines is 2. The number of rotatable bonds is 10. The molecule has 2 rings (SSSR count). The molecule has 0 saturated heterocycles. The summed E-state index contributed by atoms with van der Waals surface area (Å²) in [7, 11) is 0. The van der Waals surface area contributed by atoms with Gasteiger partial charge in [-0.15, -0.1) is 0 Å². The van der Waals surface area contributed by atoms with Crippen molar-refractivity contribution in [3.63, 3.8) is 0 Å². The number of ether oxygens (including phenoxy) is 2. The normalized spacial score (nSPS) is 10.4. The predicted octanol–water partition coefficient (Wildman–Crippen LogP) is 4.20. The second-order valence-electron chi connectivity index (χ2n) is 7.15. The third-order valence-electron chi connectivity index (χ3n) is 4.02. The Morgan fingerprint density at radius 3 is 2.00 bits per heavy atom. The highest BCUT2D eigenvalue weighted by Gasteiger charge is 2.11. The largest absolute Gasteiger partial charge is 0.459 e. The van der Waals surface area contributed by atoms with Crippen molar-refractivity contribution in [2.45, 2.75) is 39.2 Å². The van der Waals surface area contributed by atoms with Gasteiger partial charge in [0.2, 0.25) is 5.91 Å². The van der Waals surface area contributed by atoms with E-state index in [0.717, 1.165) is 0 Å². The molecule has 8 nitrogen and oxygen atoms in total. The minimum atomic E-state index is -0.572. The third-order valence-corrected chi connectivity index (χ3v) is 4.28. The minimum absolute atomic E-state index is 0.00161. The quantitative estimate of drug-likeness (QED) is 0.514. The van der Waals surface area contributed by atoms with Crippen molar-refractivity contribution >= 4 is 46.7 Å². The average molecular weight is 461 g/mol. The summed E-state index contributed by atoms with van der Waals surface area (Å²) in [6.45, 7) is 3.11. The fraction of sp³-hybridized carbons (Fsp3) is 0.304. The fourth-order valence-corrected chi connectivity index (χ4v) is 2.66. The molecule has 0 unspecified atom stereocenters. The van der Waals surface area contributed by atoms with Gasteiger partial charge in [-0.2, -0.15) is 0 Å². The summed E-state index contributed by atoms with van der Waals surface area (Å²) < 4.78 is 10.0. The van der Waals surface area contributed by atoms with Gasteiger partial charge in [0.1, 0.15) is 0 Å². The first-order valence-electron chi connectivity index (χ1n) is 10.0. The van der Waals surface area contributed by atoms with Crippen LogP contribution in [0.2, 0.25) is 5.02 Å². The van der Waals surface area contributed by atoms with Gasteiger partial charge in [0.25, 0.3) is 5.91 Å². The van der Waals surface area contributed by atoms with Gasteiger partial charge in [0.05, 0.1) is 11.7 Å². The zero-order valence-corrected chi connectivity index (χ0v) is 18.6. The molecule has 2 aromatic carbocycles. The first-order chi connectivity index (χ1) is 15.2. The summed E-state index contributed by atoms with van der Waals surface area (Å²) in [5, 5.41) is 5.81. The van der Waals surface area contributed by atoms with Crippen molar-refractivity contribution in [2.24, 2.45) is 0 Å². The molecule has 32 heavy (non-hydrogen) atoms. The molecule has 0 spiro atoms. The highest BCUT2D eigenvalue weighted by atomic mass is 35.5. The number of carbonyl (C=O) groups is 4. The van der Waals surface area contributed by atoms with Crippen LogP contribution in [-0.2, 0) is 23.9 Å². The zero-order chi connectivity index (χ0) is 23.5. The molecule has 0 aromatic heterocycles. The van der Waals surface area contributed by atoms with Gasteiger partial charge in [-0.1, -0.05) is 11.6 Å². The second kappa shape index (κ2) is 12.5. The van der Waals surface area contributed by atoms with E-state index in [1.165, 1.54) is 0 Å². The molecule has 9 heteroatoms. The van der Waals surface area contributed by atoms with Gasteiger partial charge < -0.3 is 20.1 Å². The number of hydrogen-bond donors (Lipinski definition) is 2. The van der Waals surface area contributed by atoms with Crippen molar-refractivity contribution in [1.29, 1.82) is 0 Å². The van der Waals surface area contributed by atoms with Gasteiger partial charge in [-0.3, -0.25) is 14.4 Å². The number of carbonyl (C=O) groups excluding carboxylic acids is 4. The molecule has 0 aliphatic rings. The topological polar surface area (TPSA) is 111 Å². The van der Waals surface area contributed by atoms with Gasteiger partial charge in [0, 0.05) is 29.2 Å². The van der Waals surface area contributed by atoms with Crippen molar-refractivity contribution in [3.05, 3.63) is 59.1 Å². The maximum Gasteiger partial charge on any atom is 0.338 e. The van der Waals surface area contributed by atoms with Crippen LogP contribution in [0.25, 0.3) is 0 Å². The van der Waals surface area contributed by atoms with E-state index in [2.05, 4.69) is 10.6 Å². The van der Waals surface area contributed by atoms with E-state index in [9.17, 15) is 19.2 Å². The Balaban J connectivity index is 1.64. The molecular weight excluding hydrogens is 436 g/mol. The van der Waals surface area contributed by atoms with Crippen LogP contribution in [0.3, 0.4) is 0 Å². The molecule has 0 saturated carbocycles. The highest BCUT2D eigenvalue weighted by Crippen LogP contribution is 2.14. The molecular formula is C23H25ClN2O6. The number of hydrogen-bond acceptors (Lipinski definition) is 6. The summed E-state index contributed by atoms with van der Waals surface area (Å²) in [5.41, 5.74) is 1.45. The predicted molar refractivity (Wildman–Crippen MR) is 121 cm³/mol. The van der Waals surface area contributed by atoms with Crippen molar-refractivity contribution in [2.75, 3.05) is 17.2 Å². The Morgan fingerprint density at radius 1 is 0.844 bits per heavy atom. The van der Waals surface area contributed by atoms with Crippen LogP contribution in [0.4, 0.5) is 11.4 Å². The molecule has 2 N–H and O–H groups in total. The highest BCUT2D eigenvalue weighted by molar-refractivity contribution is 6.30. The SMILES string of the molecule is CC(C)OC(=O)c1ccc(NC(=O)CCCC(=O)OCC(=O)Nc2ccc(Cl)cc2)cc1. The number of nitrogens with one attached hydrogen (secondary N) is 2. The van der Waals surface area contributed by atoms with Crippen LogP contribution >= 0.6 is 11.6 Å². The Morgan fingerprint density at radius 2 is 1.41 bits per heavy atom. The molecule has 0 atom stereocenters. The van der Waals surface area contributed by atoms with Crippen LogP contribution in [0.5, 0.6) is 0 Å². The molecule has 0 radical (unpaired) electrons. The van der Waals surface area contributed by atoms with Crippen molar-refractivity contribution in [1.82, 2.24) is 0 Å². The number of esters is 2. The number of halogens is 1. The van der Waals surface area contributed by atoms with E-state index in [4.69, 9.17) is 21.1 Å². The molecule has 2 aromatic rings. The monoisotopic (exact) mass is 460 g/mol. The van der Waals surface area contributed by atoms with E-state index in [1.54, 1.807) is 62.4 Å². The molecule has 170 valence electrons. The van der Waals surface area contributed by atoms with Crippen LogP contribution in [-0.4, -0.2) is 36.5 Å². The zero-order valence-electron chi connectivity index (χ0n) is 17.9. The Hall–Kier alpha value is -3.39. The second-order valence-corrected chi connectivity index (χ2v) is 7.59. The van der Waals surface area contributed by atoms with Gasteiger partial charge in [0.15, 0.2) is 6.61 Å². The summed E-state index contributed by atoms with van der Waals surface area (Å²) in [6, 6.07) is 12.8. The van der Waals surface area contributed by atoms with E-state index in [-0.39, 0.29) is 31.3 Å². The van der Waals surface area contributed by atoms with E-state index in [0.29, 0.717) is 22.0 Å². The lowest BCUT2D eigenvalue weighted by Gasteiger charge is -2.09. The number of amides is 2. The first-order valence-corrected chi connectivity index (χ1v) is 10.4.